The molecular weight excluding hydrogens is 254 g/mol. The number of nitrogens with two attached hydrogens (primary N) is 1. The first-order chi connectivity index (χ1) is 9.65. The lowest BCUT2D eigenvalue weighted by molar-refractivity contribution is -0.119. The number of hydrogen-bond acceptors (Lipinski definition) is 4. The van der Waals surface area contributed by atoms with Crippen LogP contribution in [0.3, 0.4) is 0 Å². The lowest BCUT2D eigenvalue weighted by atomic mass is 10.1. The van der Waals surface area contributed by atoms with Crippen molar-refractivity contribution in [3.63, 3.8) is 0 Å². The van der Waals surface area contributed by atoms with Crippen LogP contribution in [-0.4, -0.2) is 46.8 Å². The van der Waals surface area contributed by atoms with Crippen LogP contribution in [0.15, 0.2) is 12.3 Å². The molecule has 1 aliphatic rings. The average Bonchev–Trinajstić information content (AvgIpc) is 2.94. The molecule has 1 aromatic rings. The molecule has 0 aliphatic carbocycles. The fraction of sp³-hybridized carbons (Fsp3) is 0.714. The highest BCUT2D eigenvalue weighted by Gasteiger charge is 2.22. The van der Waals surface area contributed by atoms with Crippen molar-refractivity contribution in [1.82, 2.24) is 14.7 Å². The van der Waals surface area contributed by atoms with Gasteiger partial charge < -0.3 is 16.0 Å². The summed E-state index contributed by atoms with van der Waals surface area (Å²) in [5.74, 6) is 0.561. The first-order valence-electron chi connectivity index (χ1n) is 7.42. The van der Waals surface area contributed by atoms with E-state index >= 15 is 0 Å². The molecule has 2 heterocycles. The van der Waals surface area contributed by atoms with E-state index in [-0.39, 0.29) is 11.8 Å². The van der Waals surface area contributed by atoms with Gasteiger partial charge in [0.15, 0.2) is 0 Å². The lowest BCUT2D eigenvalue weighted by Gasteiger charge is -2.31. The van der Waals surface area contributed by atoms with Gasteiger partial charge in [-0.05, 0) is 19.4 Å². The topological polar surface area (TPSA) is 76.2 Å². The highest BCUT2D eigenvalue weighted by atomic mass is 16.2. The Hall–Kier alpha value is -1.40. The van der Waals surface area contributed by atoms with Crippen molar-refractivity contribution in [2.24, 2.45) is 11.7 Å². The highest BCUT2D eigenvalue weighted by molar-refractivity contribution is 5.91. The Morgan fingerprint density at radius 2 is 2.25 bits per heavy atom. The summed E-state index contributed by atoms with van der Waals surface area (Å²) in [4.78, 5) is 14.4. The molecule has 1 aromatic heterocycles. The number of carbonyl (C=O) groups excluding carboxylic acids is 1. The minimum atomic E-state index is -0.180. The highest BCUT2D eigenvalue weighted by Crippen LogP contribution is 2.25. The predicted molar refractivity (Wildman–Crippen MR) is 79.5 cm³/mol. The summed E-state index contributed by atoms with van der Waals surface area (Å²) < 4.78 is 1.95. The van der Waals surface area contributed by atoms with Crippen molar-refractivity contribution in [1.29, 1.82) is 0 Å². The summed E-state index contributed by atoms with van der Waals surface area (Å²) in [6.45, 7) is 7.66. The average molecular weight is 279 g/mol. The second-order valence-corrected chi connectivity index (χ2v) is 5.45. The van der Waals surface area contributed by atoms with E-state index in [2.05, 4.69) is 22.2 Å². The molecule has 1 amide bonds. The number of likely N-dealkylation sites (tertiary alicyclic amines) is 1. The largest absolute Gasteiger partial charge is 0.330 e. The number of nitrogens with zero attached hydrogens (tertiary/aromatic N) is 3. The van der Waals surface area contributed by atoms with E-state index in [1.165, 1.54) is 0 Å². The second kappa shape index (κ2) is 6.85. The number of piperidine rings is 1. The van der Waals surface area contributed by atoms with Crippen molar-refractivity contribution >= 4 is 11.7 Å². The molecule has 1 fully saturated rings. The Morgan fingerprint density at radius 1 is 1.55 bits per heavy atom. The van der Waals surface area contributed by atoms with Gasteiger partial charge in [-0.3, -0.25) is 4.79 Å². The van der Waals surface area contributed by atoms with Crippen LogP contribution >= 0.6 is 0 Å². The van der Waals surface area contributed by atoms with Crippen molar-refractivity contribution in [2.75, 3.05) is 31.5 Å². The zero-order valence-corrected chi connectivity index (χ0v) is 12.4. The number of hydrogen-bond donors (Lipinski definition) is 2. The lowest BCUT2D eigenvalue weighted by Crippen LogP contribution is -2.35. The summed E-state index contributed by atoms with van der Waals surface area (Å²) in [5.41, 5.74) is 5.52. The molecule has 2 rings (SSSR count). The fourth-order valence-electron chi connectivity index (χ4n) is 2.54. The van der Waals surface area contributed by atoms with E-state index in [9.17, 15) is 4.79 Å². The van der Waals surface area contributed by atoms with Gasteiger partial charge in [-0.1, -0.05) is 13.8 Å². The molecule has 3 N–H and O–H groups in total. The first-order valence-corrected chi connectivity index (χ1v) is 7.42. The Kier molecular flexibility index (Phi) is 5.14. The van der Waals surface area contributed by atoms with E-state index in [0.29, 0.717) is 12.6 Å². The molecular formula is C14H25N5O. The third-order valence-corrected chi connectivity index (χ3v) is 4.07. The Bertz CT molecular complexity index is 437. The van der Waals surface area contributed by atoms with Crippen molar-refractivity contribution < 1.29 is 4.79 Å². The van der Waals surface area contributed by atoms with Crippen molar-refractivity contribution in [3.05, 3.63) is 12.3 Å². The van der Waals surface area contributed by atoms with Gasteiger partial charge in [-0.25, -0.2) is 4.68 Å². The summed E-state index contributed by atoms with van der Waals surface area (Å²) in [6.07, 6.45) is 3.89. The Morgan fingerprint density at radius 3 is 2.85 bits per heavy atom. The minimum Gasteiger partial charge on any atom is -0.330 e. The number of anilines is 1. The van der Waals surface area contributed by atoms with Gasteiger partial charge in [-0.15, -0.1) is 0 Å². The third-order valence-electron chi connectivity index (χ3n) is 4.07. The summed E-state index contributed by atoms with van der Waals surface area (Å²) >= 11 is 0. The summed E-state index contributed by atoms with van der Waals surface area (Å²) in [7, 11) is 0. The number of amides is 1. The second-order valence-electron chi connectivity index (χ2n) is 5.45. The van der Waals surface area contributed by atoms with E-state index in [4.69, 9.17) is 5.73 Å². The van der Waals surface area contributed by atoms with Crippen LogP contribution in [-0.2, 0) is 4.79 Å². The number of aromatic nitrogens is 2. The van der Waals surface area contributed by atoms with Crippen LogP contribution in [0, 0.1) is 5.92 Å². The van der Waals surface area contributed by atoms with Gasteiger partial charge in [0.25, 0.3) is 0 Å². The molecule has 1 saturated heterocycles. The van der Waals surface area contributed by atoms with Crippen LogP contribution in [0.5, 0.6) is 0 Å². The van der Waals surface area contributed by atoms with E-state index < -0.39 is 0 Å². The molecule has 0 radical (unpaired) electrons. The molecule has 1 atom stereocenters. The molecule has 6 nitrogen and oxygen atoms in total. The molecule has 0 bridgehead atoms. The smallest absolute Gasteiger partial charge is 0.229 e. The van der Waals surface area contributed by atoms with Crippen LogP contribution in [0.1, 0.15) is 32.7 Å². The number of rotatable bonds is 5. The molecule has 20 heavy (non-hydrogen) atoms. The maximum absolute atomic E-state index is 11.9. The molecule has 6 heteroatoms. The van der Waals surface area contributed by atoms with E-state index in [1.807, 2.05) is 17.7 Å². The Labute approximate surface area is 120 Å². The van der Waals surface area contributed by atoms with E-state index in [1.54, 1.807) is 6.20 Å². The molecule has 0 aromatic carbocycles. The first kappa shape index (κ1) is 15.0. The molecule has 1 aliphatic heterocycles. The Balaban J connectivity index is 2.00. The van der Waals surface area contributed by atoms with Gasteiger partial charge in [0.1, 0.15) is 5.82 Å². The predicted octanol–water partition coefficient (Wildman–Crippen LogP) is 1.07. The van der Waals surface area contributed by atoms with Crippen LogP contribution < -0.4 is 11.1 Å². The van der Waals surface area contributed by atoms with Gasteiger partial charge in [0.05, 0.1) is 12.2 Å². The fourth-order valence-corrected chi connectivity index (χ4v) is 2.54. The monoisotopic (exact) mass is 279 g/mol. The number of carbonyl (C=O) groups is 1. The molecule has 1 unspecified atom stereocenters. The van der Waals surface area contributed by atoms with Crippen LogP contribution in [0.4, 0.5) is 5.82 Å². The third kappa shape index (κ3) is 3.37. The van der Waals surface area contributed by atoms with Crippen molar-refractivity contribution in [3.8, 4) is 0 Å². The summed E-state index contributed by atoms with van der Waals surface area (Å²) in [5, 5.41) is 7.31. The van der Waals surface area contributed by atoms with Gasteiger partial charge >= 0.3 is 0 Å². The zero-order chi connectivity index (χ0) is 14.5. The maximum atomic E-state index is 11.9. The zero-order valence-electron chi connectivity index (χ0n) is 12.4. The molecule has 0 saturated carbocycles. The van der Waals surface area contributed by atoms with E-state index in [0.717, 1.165) is 38.3 Å². The maximum Gasteiger partial charge on any atom is 0.229 e. The van der Waals surface area contributed by atoms with Gasteiger partial charge in [-0.2, -0.15) is 5.10 Å². The van der Waals surface area contributed by atoms with Gasteiger partial charge in [0.2, 0.25) is 5.91 Å². The standard InChI is InChI=1S/C14H25N5O/c1-3-18-8-5-12(6-9-18)19-13(4-7-16-19)17-14(20)11(2)10-15/h4,7,11-12H,3,5-6,8-10,15H2,1-2H3,(H,17,20). The SMILES string of the molecule is CCN1CCC(n2nccc2NC(=O)C(C)CN)CC1. The van der Waals surface area contributed by atoms with Crippen LogP contribution in [0.25, 0.3) is 0 Å². The van der Waals surface area contributed by atoms with Crippen molar-refractivity contribution in [2.45, 2.75) is 32.7 Å². The minimum absolute atomic E-state index is 0.0414. The molecule has 0 spiro atoms. The normalized spacial score (nSPS) is 18.9. The van der Waals surface area contributed by atoms with Crippen LogP contribution in [0.2, 0.25) is 0 Å². The van der Waals surface area contributed by atoms with Gasteiger partial charge in [0, 0.05) is 31.6 Å². The summed E-state index contributed by atoms with van der Waals surface area (Å²) in [6, 6.07) is 2.23. The number of nitrogens with one attached hydrogen (secondary N) is 1. The quantitative estimate of drug-likeness (QED) is 0.845. The molecule has 112 valence electrons.